The molecule has 1 amide bonds. The van der Waals surface area contributed by atoms with Gasteiger partial charge in [-0.1, -0.05) is 29.8 Å². The molecule has 1 unspecified atom stereocenters. The van der Waals surface area contributed by atoms with Gasteiger partial charge in [0.25, 0.3) is 10.0 Å². The number of carbonyl (C=O) groups is 1. The number of pyridine rings is 1. The molecular weight excluding hydrogens is 414 g/mol. The lowest BCUT2D eigenvalue weighted by Gasteiger charge is -2.42. The Morgan fingerprint density at radius 1 is 1.07 bits per heavy atom. The Kier molecular flexibility index (Phi) is 5.44. The van der Waals surface area contributed by atoms with Crippen LogP contribution in [0.4, 0.5) is 0 Å². The highest BCUT2D eigenvalue weighted by Gasteiger charge is 2.39. The first-order chi connectivity index (χ1) is 13.9. The normalized spacial score (nSPS) is 18.2. The predicted molar refractivity (Wildman–Crippen MR) is 108 cm³/mol. The first-order valence-corrected chi connectivity index (χ1v) is 11.0. The highest BCUT2D eigenvalue weighted by Crippen LogP contribution is 2.31. The molecule has 4 rings (SSSR count). The second-order valence-corrected chi connectivity index (χ2v) is 9.45. The number of amides is 1. The number of carbonyl (C=O) groups excluding carboxylic acids is 1. The quantitative estimate of drug-likeness (QED) is 0.724. The minimum atomic E-state index is -3.58. The Bertz CT molecular complexity index is 1040. The Hall–Kier alpha value is -2.26. The van der Waals surface area contributed by atoms with Crippen LogP contribution in [-0.4, -0.2) is 66.4 Å². The van der Waals surface area contributed by atoms with Crippen LogP contribution in [0.25, 0.3) is 0 Å². The fourth-order valence-corrected chi connectivity index (χ4v) is 4.93. The Balaban J connectivity index is 1.37. The molecule has 1 N–H and O–H groups in total. The summed E-state index contributed by atoms with van der Waals surface area (Å²) in [5.74, 6) is -0.766. The lowest BCUT2D eigenvalue weighted by Crippen LogP contribution is -2.52. The van der Waals surface area contributed by atoms with Crippen molar-refractivity contribution in [2.45, 2.75) is 10.9 Å². The molecule has 1 aromatic heterocycles. The summed E-state index contributed by atoms with van der Waals surface area (Å²) in [4.78, 5) is 18.3. The fraction of sp³-hybridized carbons (Fsp3) is 0.300. The monoisotopic (exact) mass is 433 g/mol. The van der Waals surface area contributed by atoms with Gasteiger partial charge in [0.1, 0.15) is 0 Å². The maximum absolute atomic E-state index is 12.7. The maximum atomic E-state index is 12.7. The molecule has 1 aromatic carbocycles. The second-order valence-electron chi connectivity index (χ2n) is 7.13. The van der Waals surface area contributed by atoms with Crippen LogP contribution < -0.4 is 0 Å². The molecular formula is C20H20ClN3O4S. The van der Waals surface area contributed by atoms with Gasteiger partial charge in [0.05, 0.1) is 12.5 Å². The number of likely N-dealkylation sites (tertiary alicyclic amines) is 1. The van der Waals surface area contributed by atoms with Crippen LogP contribution in [0.5, 0.6) is 0 Å². The van der Waals surface area contributed by atoms with E-state index in [-0.39, 0.29) is 17.5 Å². The van der Waals surface area contributed by atoms with Crippen molar-refractivity contribution in [2.24, 2.45) is 0 Å². The van der Waals surface area contributed by atoms with Crippen LogP contribution in [0.15, 0.2) is 64.8 Å². The summed E-state index contributed by atoms with van der Waals surface area (Å²) in [5.41, 5.74) is 2.85. The molecule has 3 heterocycles. The minimum Gasteiger partial charge on any atom is -0.395 e. The number of rotatable bonds is 5. The van der Waals surface area contributed by atoms with Crippen LogP contribution in [-0.2, 0) is 14.8 Å². The third-order valence-corrected chi connectivity index (χ3v) is 7.26. The standard InChI is InChI=1S/C20H20ClN3O4S/c21-17-6-4-14(5-7-17)18(13-25)20(26)23-9-15(10-23)16-11-24(12-16)29(27,28)19-3-1-2-8-22-19/h1-8,18,25H,9-13H2. The number of aliphatic hydroxyl groups is 1. The largest absolute Gasteiger partial charge is 0.395 e. The van der Waals surface area contributed by atoms with E-state index in [2.05, 4.69) is 4.98 Å². The number of hydrogen-bond donors (Lipinski definition) is 1. The van der Waals surface area contributed by atoms with E-state index in [4.69, 9.17) is 11.6 Å². The molecule has 9 heteroatoms. The highest BCUT2D eigenvalue weighted by atomic mass is 35.5. The number of aliphatic hydroxyl groups excluding tert-OH is 1. The number of hydrogen-bond acceptors (Lipinski definition) is 5. The van der Waals surface area contributed by atoms with Gasteiger partial charge >= 0.3 is 0 Å². The second kappa shape index (κ2) is 7.87. The molecule has 29 heavy (non-hydrogen) atoms. The van der Waals surface area contributed by atoms with Gasteiger partial charge in [-0.3, -0.25) is 4.79 Å². The maximum Gasteiger partial charge on any atom is 0.261 e. The van der Waals surface area contributed by atoms with Gasteiger partial charge in [0, 0.05) is 37.4 Å². The van der Waals surface area contributed by atoms with E-state index >= 15 is 0 Å². The molecule has 0 spiro atoms. The first-order valence-electron chi connectivity index (χ1n) is 9.16. The van der Waals surface area contributed by atoms with Crippen LogP contribution >= 0.6 is 11.6 Å². The van der Waals surface area contributed by atoms with Crippen LogP contribution in [0.2, 0.25) is 5.02 Å². The van der Waals surface area contributed by atoms with Crippen molar-refractivity contribution in [3.63, 3.8) is 0 Å². The van der Waals surface area contributed by atoms with E-state index < -0.39 is 15.9 Å². The van der Waals surface area contributed by atoms with Crippen molar-refractivity contribution in [3.8, 4) is 0 Å². The van der Waals surface area contributed by atoms with Crippen LogP contribution in [0.1, 0.15) is 11.5 Å². The SMILES string of the molecule is O=C(C(CO)c1ccc(Cl)cc1)N1CC(=C2CN(S(=O)(=O)c3ccccn3)C2)C1. The van der Waals surface area contributed by atoms with Crippen LogP contribution in [0, 0.1) is 0 Å². The molecule has 2 aliphatic rings. The van der Waals surface area contributed by atoms with Gasteiger partial charge in [-0.2, -0.15) is 4.31 Å². The zero-order valence-electron chi connectivity index (χ0n) is 15.5. The van der Waals surface area contributed by atoms with Crippen LogP contribution in [0.3, 0.4) is 0 Å². The number of halogens is 1. The summed E-state index contributed by atoms with van der Waals surface area (Å²) < 4.78 is 26.4. The van der Waals surface area contributed by atoms with Gasteiger partial charge in [-0.05, 0) is 41.0 Å². The van der Waals surface area contributed by atoms with Gasteiger partial charge < -0.3 is 10.0 Å². The van der Waals surface area contributed by atoms with Crippen molar-refractivity contribution in [3.05, 3.63) is 70.4 Å². The molecule has 0 saturated carbocycles. The van der Waals surface area contributed by atoms with E-state index in [9.17, 15) is 18.3 Å². The average molecular weight is 434 g/mol. The molecule has 2 saturated heterocycles. The van der Waals surface area contributed by atoms with E-state index in [0.29, 0.717) is 31.2 Å². The zero-order valence-corrected chi connectivity index (χ0v) is 17.1. The zero-order chi connectivity index (χ0) is 20.6. The number of nitrogens with zero attached hydrogens (tertiary/aromatic N) is 3. The summed E-state index contributed by atoms with van der Waals surface area (Å²) in [7, 11) is -3.58. The predicted octanol–water partition coefficient (Wildman–Crippen LogP) is 1.65. The molecule has 0 aliphatic carbocycles. The van der Waals surface area contributed by atoms with Crippen molar-refractivity contribution in [1.29, 1.82) is 0 Å². The summed E-state index contributed by atoms with van der Waals surface area (Å²) in [6.45, 7) is 1.32. The van der Waals surface area contributed by atoms with Gasteiger partial charge in [-0.15, -0.1) is 0 Å². The third-order valence-electron chi connectivity index (χ3n) is 5.30. The molecule has 2 aliphatic heterocycles. The first kappa shape index (κ1) is 20.0. The molecule has 0 radical (unpaired) electrons. The van der Waals surface area contributed by atoms with E-state index in [1.807, 2.05) is 0 Å². The minimum absolute atomic E-state index is 0.0446. The topological polar surface area (TPSA) is 90.8 Å². The summed E-state index contributed by atoms with van der Waals surface area (Å²) in [6, 6.07) is 11.7. The van der Waals surface area contributed by atoms with Crippen molar-refractivity contribution >= 4 is 27.5 Å². The number of sulfonamides is 1. The summed E-state index contributed by atoms with van der Waals surface area (Å²) in [6.07, 6.45) is 1.46. The fourth-order valence-electron chi connectivity index (χ4n) is 3.44. The molecule has 152 valence electrons. The van der Waals surface area contributed by atoms with E-state index in [1.165, 1.54) is 16.6 Å². The highest BCUT2D eigenvalue weighted by molar-refractivity contribution is 7.89. The molecule has 7 nitrogen and oxygen atoms in total. The van der Waals surface area contributed by atoms with Crippen molar-refractivity contribution in [1.82, 2.24) is 14.2 Å². The smallest absolute Gasteiger partial charge is 0.261 e. The Labute approximate surface area is 174 Å². The lowest BCUT2D eigenvalue weighted by atomic mass is 9.92. The molecule has 1 atom stereocenters. The van der Waals surface area contributed by atoms with Gasteiger partial charge in [0.2, 0.25) is 5.91 Å². The Morgan fingerprint density at radius 2 is 1.72 bits per heavy atom. The van der Waals surface area contributed by atoms with E-state index in [1.54, 1.807) is 41.3 Å². The summed E-state index contributed by atoms with van der Waals surface area (Å²) in [5, 5.41) is 10.3. The number of aromatic nitrogens is 1. The van der Waals surface area contributed by atoms with Gasteiger partial charge in [0.15, 0.2) is 5.03 Å². The van der Waals surface area contributed by atoms with Gasteiger partial charge in [-0.25, -0.2) is 13.4 Å². The van der Waals surface area contributed by atoms with Crippen molar-refractivity contribution in [2.75, 3.05) is 32.8 Å². The Morgan fingerprint density at radius 3 is 2.31 bits per heavy atom. The molecule has 2 fully saturated rings. The third kappa shape index (κ3) is 3.81. The van der Waals surface area contributed by atoms with E-state index in [0.717, 1.165) is 16.7 Å². The average Bonchev–Trinajstić information content (AvgIpc) is 2.65. The lowest BCUT2D eigenvalue weighted by molar-refractivity contribution is -0.135. The van der Waals surface area contributed by atoms with Crippen molar-refractivity contribution < 1.29 is 18.3 Å². The molecule has 0 bridgehead atoms. The molecule has 2 aromatic rings. The summed E-state index contributed by atoms with van der Waals surface area (Å²) >= 11 is 5.88. The number of benzene rings is 1.